The van der Waals surface area contributed by atoms with Gasteiger partial charge in [0.25, 0.3) is 0 Å². The van der Waals surface area contributed by atoms with Gasteiger partial charge in [0.2, 0.25) is 0 Å². The fourth-order valence-electron chi connectivity index (χ4n) is 2.79. The van der Waals surface area contributed by atoms with E-state index in [0.29, 0.717) is 6.54 Å². The maximum absolute atomic E-state index is 12.5. The Balaban J connectivity index is 1.70. The lowest BCUT2D eigenvalue weighted by Gasteiger charge is -2.39. The van der Waals surface area contributed by atoms with Crippen molar-refractivity contribution >= 4 is 23.1 Å². The van der Waals surface area contributed by atoms with Gasteiger partial charge in [0.05, 0.1) is 11.7 Å². The standard InChI is InChI=1S/C15H21N5OS/c1-3-19-6-7-20(8-13(19)14-16-4-5-17-14)15(21)18-12-10-22-9-11(12)2/h4-5,9-10,13H,3,6-8H2,1-2H3,(H,16,17)(H,18,21)/t13-/m1/s1. The van der Waals surface area contributed by atoms with E-state index in [1.165, 1.54) is 0 Å². The quantitative estimate of drug-likeness (QED) is 0.914. The summed E-state index contributed by atoms with van der Waals surface area (Å²) in [5.74, 6) is 0.922. The number of urea groups is 1. The fraction of sp³-hybridized carbons (Fsp3) is 0.467. The number of rotatable bonds is 3. The van der Waals surface area contributed by atoms with Gasteiger partial charge in [-0.3, -0.25) is 4.90 Å². The molecule has 3 heterocycles. The van der Waals surface area contributed by atoms with Gasteiger partial charge in [-0.15, -0.1) is 11.3 Å². The van der Waals surface area contributed by atoms with Gasteiger partial charge in [0, 0.05) is 37.4 Å². The summed E-state index contributed by atoms with van der Waals surface area (Å²) in [5, 5.41) is 7.02. The van der Waals surface area contributed by atoms with Crippen molar-refractivity contribution in [3.63, 3.8) is 0 Å². The van der Waals surface area contributed by atoms with Gasteiger partial charge in [0.15, 0.2) is 0 Å². The highest BCUT2D eigenvalue weighted by atomic mass is 32.1. The van der Waals surface area contributed by atoms with Crippen LogP contribution in [0.2, 0.25) is 0 Å². The predicted molar refractivity (Wildman–Crippen MR) is 88.2 cm³/mol. The minimum atomic E-state index is -0.0335. The highest BCUT2D eigenvalue weighted by Gasteiger charge is 2.31. The van der Waals surface area contributed by atoms with Crippen LogP contribution in [0.3, 0.4) is 0 Å². The van der Waals surface area contributed by atoms with E-state index in [9.17, 15) is 4.79 Å². The predicted octanol–water partition coefficient (Wildman–Crippen LogP) is 2.69. The molecule has 118 valence electrons. The average Bonchev–Trinajstić information content (AvgIpc) is 3.19. The third-order valence-electron chi connectivity index (χ3n) is 4.12. The lowest BCUT2D eigenvalue weighted by Crippen LogP contribution is -2.51. The molecule has 1 fully saturated rings. The largest absolute Gasteiger partial charge is 0.347 e. The topological polar surface area (TPSA) is 64.3 Å². The normalized spacial score (nSPS) is 19.4. The van der Waals surface area contributed by atoms with Gasteiger partial charge in [0.1, 0.15) is 5.82 Å². The highest BCUT2D eigenvalue weighted by molar-refractivity contribution is 7.08. The van der Waals surface area contributed by atoms with E-state index in [1.54, 1.807) is 17.5 Å². The first kappa shape index (κ1) is 15.1. The number of amides is 2. The van der Waals surface area contributed by atoms with Gasteiger partial charge in [-0.25, -0.2) is 9.78 Å². The maximum atomic E-state index is 12.5. The smallest absolute Gasteiger partial charge is 0.321 e. The molecular weight excluding hydrogens is 298 g/mol. The number of H-pyrrole nitrogens is 1. The van der Waals surface area contributed by atoms with E-state index in [4.69, 9.17) is 0 Å². The second kappa shape index (κ2) is 6.50. The first-order valence-electron chi connectivity index (χ1n) is 7.51. The van der Waals surface area contributed by atoms with Crippen molar-refractivity contribution in [1.29, 1.82) is 0 Å². The Labute approximate surface area is 134 Å². The van der Waals surface area contributed by atoms with Crippen LogP contribution < -0.4 is 5.32 Å². The molecule has 7 heteroatoms. The Morgan fingerprint density at radius 1 is 1.50 bits per heavy atom. The number of likely N-dealkylation sites (N-methyl/N-ethyl adjacent to an activating group) is 1. The molecule has 1 aliphatic heterocycles. The zero-order chi connectivity index (χ0) is 15.5. The molecule has 0 bridgehead atoms. The molecule has 0 saturated carbocycles. The summed E-state index contributed by atoms with van der Waals surface area (Å²) in [6, 6.07) is 0.0943. The van der Waals surface area contributed by atoms with Crippen molar-refractivity contribution in [2.45, 2.75) is 19.9 Å². The summed E-state index contributed by atoms with van der Waals surface area (Å²) in [6.45, 7) is 7.34. The Kier molecular flexibility index (Phi) is 4.44. The van der Waals surface area contributed by atoms with Gasteiger partial charge < -0.3 is 15.2 Å². The van der Waals surface area contributed by atoms with Crippen LogP contribution in [0.5, 0.6) is 0 Å². The van der Waals surface area contributed by atoms with Crippen LogP contribution in [0.1, 0.15) is 24.4 Å². The molecule has 2 amide bonds. The summed E-state index contributed by atoms with van der Waals surface area (Å²) in [6.07, 6.45) is 3.59. The first-order valence-corrected chi connectivity index (χ1v) is 8.45. The van der Waals surface area contributed by atoms with Crippen LogP contribution in [0.4, 0.5) is 10.5 Å². The van der Waals surface area contributed by atoms with Crippen molar-refractivity contribution < 1.29 is 4.79 Å². The number of thiophene rings is 1. The molecule has 2 aromatic heterocycles. The number of piperazine rings is 1. The van der Waals surface area contributed by atoms with E-state index in [-0.39, 0.29) is 12.1 Å². The summed E-state index contributed by atoms with van der Waals surface area (Å²) in [5.41, 5.74) is 2.01. The molecule has 22 heavy (non-hydrogen) atoms. The van der Waals surface area contributed by atoms with Crippen LogP contribution in [0, 0.1) is 6.92 Å². The molecule has 0 spiro atoms. The minimum Gasteiger partial charge on any atom is -0.347 e. The third kappa shape index (κ3) is 3.00. The Morgan fingerprint density at radius 2 is 2.36 bits per heavy atom. The molecule has 2 N–H and O–H groups in total. The zero-order valence-electron chi connectivity index (χ0n) is 12.9. The van der Waals surface area contributed by atoms with Crippen LogP contribution >= 0.6 is 11.3 Å². The van der Waals surface area contributed by atoms with E-state index in [2.05, 4.69) is 27.1 Å². The number of aromatic nitrogens is 2. The number of nitrogens with one attached hydrogen (secondary N) is 2. The lowest BCUT2D eigenvalue weighted by molar-refractivity contribution is 0.0946. The molecule has 1 atom stereocenters. The summed E-state index contributed by atoms with van der Waals surface area (Å²) >= 11 is 1.60. The molecular formula is C15H21N5OS. The highest BCUT2D eigenvalue weighted by Crippen LogP contribution is 2.24. The molecule has 0 aliphatic carbocycles. The second-order valence-corrected chi connectivity index (χ2v) is 6.21. The third-order valence-corrected chi connectivity index (χ3v) is 4.98. The molecule has 1 aliphatic rings. The Morgan fingerprint density at radius 3 is 3.00 bits per heavy atom. The van der Waals surface area contributed by atoms with Crippen molar-refractivity contribution in [3.8, 4) is 0 Å². The number of anilines is 1. The minimum absolute atomic E-state index is 0.0335. The molecule has 1 saturated heterocycles. The first-order chi connectivity index (χ1) is 10.7. The lowest BCUT2D eigenvalue weighted by atomic mass is 10.1. The van der Waals surface area contributed by atoms with Crippen molar-refractivity contribution in [2.24, 2.45) is 0 Å². The van der Waals surface area contributed by atoms with Crippen LogP contribution in [0.25, 0.3) is 0 Å². The average molecular weight is 319 g/mol. The number of hydrogen-bond donors (Lipinski definition) is 2. The second-order valence-electron chi connectivity index (χ2n) is 5.46. The number of nitrogens with zero attached hydrogens (tertiary/aromatic N) is 3. The number of hydrogen-bond acceptors (Lipinski definition) is 4. The Bertz CT molecular complexity index is 624. The SMILES string of the molecule is CCN1CCN(C(=O)Nc2cscc2C)C[C@@H]1c1ncc[nH]1. The summed E-state index contributed by atoms with van der Waals surface area (Å²) in [4.78, 5) is 24.3. The zero-order valence-corrected chi connectivity index (χ0v) is 13.7. The number of carbonyl (C=O) groups is 1. The maximum Gasteiger partial charge on any atom is 0.321 e. The van der Waals surface area contributed by atoms with E-state index in [1.807, 2.05) is 28.8 Å². The molecule has 2 aromatic rings. The van der Waals surface area contributed by atoms with Gasteiger partial charge in [-0.1, -0.05) is 6.92 Å². The number of carbonyl (C=O) groups excluding carboxylic acids is 1. The summed E-state index contributed by atoms with van der Waals surface area (Å²) < 4.78 is 0. The fourth-order valence-corrected chi connectivity index (χ4v) is 3.57. The van der Waals surface area contributed by atoms with Gasteiger partial charge >= 0.3 is 6.03 Å². The van der Waals surface area contributed by atoms with E-state index >= 15 is 0 Å². The van der Waals surface area contributed by atoms with Crippen LogP contribution in [-0.2, 0) is 0 Å². The van der Waals surface area contributed by atoms with E-state index in [0.717, 1.165) is 36.7 Å². The van der Waals surface area contributed by atoms with Crippen LogP contribution in [0.15, 0.2) is 23.2 Å². The van der Waals surface area contributed by atoms with Gasteiger partial charge in [-0.05, 0) is 24.4 Å². The molecule has 0 radical (unpaired) electrons. The van der Waals surface area contributed by atoms with Crippen molar-refractivity contribution in [1.82, 2.24) is 19.8 Å². The van der Waals surface area contributed by atoms with Gasteiger partial charge in [-0.2, -0.15) is 0 Å². The molecule has 6 nitrogen and oxygen atoms in total. The number of aryl methyl sites for hydroxylation is 1. The molecule has 3 rings (SSSR count). The number of aromatic amines is 1. The molecule has 0 aromatic carbocycles. The van der Waals surface area contributed by atoms with E-state index < -0.39 is 0 Å². The van der Waals surface area contributed by atoms with Crippen molar-refractivity contribution in [2.75, 3.05) is 31.5 Å². The molecule has 0 unspecified atom stereocenters. The number of imidazole rings is 1. The van der Waals surface area contributed by atoms with Crippen molar-refractivity contribution in [3.05, 3.63) is 34.5 Å². The Hall–Kier alpha value is -1.86. The summed E-state index contributed by atoms with van der Waals surface area (Å²) in [7, 11) is 0. The van der Waals surface area contributed by atoms with Crippen LogP contribution in [-0.4, -0.2) is 52.0 Å². The monoisotopic (exact) mass is 319 g/mol.